The van der Waals surface area contributed by atoms with E-state index in [0.717, 1.165) is 42.3 Å². The Morgan fingerprint density at radius 1 is 1.22 bits per heavy atom. The van der Waals surface area contributed by atoms with Crippen molar-refractivity contribution in [2.45, 2.75) is 0 Å². The molecule has 140 valence electrons. The second-order valence-corrected chi connectivity index (χ2v) is 6.84. The minimum Gasteiger partial charge on any atom is -0.403 e. The molecular formula is C17H16ClN5O3S. The summed E-state index contributed by atoms with van der Waals surface area (Å²) < 4.78 is 13.9. The monoisotopic (exact) mass is 405 g/mol. The van der Waals surface area contributed by atoms with Crippen molar-refractivity contribution in [3.05, 3.63) is 46.4 Å². The molecule has 27 heavy (non-hydrogen) atoms. The van der Waals surface area contributed by atoms with Gasteiger partial charge in [-0.15, -0.1) is 11.3 Å². The van der Waals surface area contributed by atoms with Crippen molar-refractivity contribution in [2.75, 3.05) is 31.1 Å². The number of halogens is 1. The number of aromatic nitrogens is 3. The number of nitrogens with zero attached hydrogens (tertiary/aromatic N) is 4. The number of fused-ring (bicyclic) bond motifs is 2. The number of hydrogen-bond donors (Lipinski definition) is 2. The molecule has 0 amide bonds. The predicted octanol–water partition coefficient (Wildman–Crippen LogP) is 2.11. The van der Waals surface area contributed by atoms with Crippen LogP contribution in [0.15, 0.2) is 45.2 Å². The van der Waals surface area contributed by atoms with E-state index >= 15 is 0 Å². The molecule has 0 bridgehead atoms. The fraction of sp³-hybridized carbons (Fsp3) is 0.235. The lowest BCUT2D eigenvalue weighted by Gasteiger charge is -2.28. The van der Waals surface area contributed by atoms with Crippen LogP contribution >= 0.6 is 23.2 Å². The molecule has 0 saturated carbocycles. The molecule has 2 N–H and O–H groups in total. The summed E-state index contributed by atoms with van der Waals surface area (Å²) in [7, 11) is 0. The standard InChI is InChI=1S/C17H15N5O2S.ClHO/c23-16-12(13-10-22-7-8-25-17(22)19-13)9-11-1-2-14(20-15(11)24-16)21-5-3-18-4-6-21;1-2/h1-2,7-10,18H,3-6H2;2H. The lowest BCUT2D eigenvalue weighted by atomic mass is 10.2. The zero-order valence-corrected chi connectivity index (χ0v) is 15.7. The molecule has 10 heteroatoms. The molecule has 0 radical (unpaired) electrons. The van der Waals surface area contributed by atoms with Gasteiger partial charge in [0.1, 0.15) is 5.82 Å². The molecule has 0 aliphatic carbocycles. The smallest absolute Gasteiger partial charge is 0.347 e. The normalized spacial score (nSPS) is 14.4. The summed E-state index contributed by atoms with van der Waals surface area (Å²) in [5.74, 6) is 0.840. The van der Waals surface area contributed by atoms with Crippen molar-refractivity contribution in [3.63, 3.8) is 0 Å². The highest BCUT2D eigenvalue weighted by Crippen LogP contribution is 2.23. The van der Waals surface area contributed by atoms with Crippen LogP contribution in [0.25, 0.3) is 27.3 Å². The molecule has 4 aromatic heterocycles. The second-order valence-electron chi connectivity index (χ2n) is 5.97. The maximum Gasteiger partial charge on any atom is 0.347 e. The molecule has 0 atom stereocenters. The first kappa shape index (κ1) is 17.9. The Hall–Kier alpha value is -2.46. The molecule has 8 nitrogen and oxygen atoms in total. The Bertz CT molecular complexity index is 1100. The molecule has 0 spiro atoms. The number of imidazole rings is 1. The highest BCUT2D eigenvalue weighted by atomic mass is 35.5. The lowest BCUT2D eigenvalue weighted by molar-refractivity contribution is 0.547. The Morgan fingerprint density at radius 3 is 2.81 bits per heavy atom. The van der Waals surface area contributed by atoms with E-state index in [2.05, 4.69) is 32.1 Å². The van der Waals surface area contributed by atoms with Gasteiger partial charge < -0.3 is 14.6 Å². The molecule has 5 rings (SSSR count). The van der Waals surface area contributed by atoms with E-state index in [4.69, 9.17) is 9.08 Å². The largest absolute Gasteiger partial charge is 0.403 e. The van der Waals surface area contributed by atoms with Crippen LogP contribution in [0.1, 0.15) is 0 Å². The molecule has 1 fully saturated rings. The predicted molar refractivity (Wildman–Crippen MR) is 105 cm³/mol. The van der Waals surface area contributed by atoms with Gasteiger partial charge in [0.25, 0.3) is 0 Å². The van der Waals surface area contributed by atoms with Crippen molar-refractivity contribution in [3.8, 4) is 11.3 Å². The van der Waals surface area contributed by atoms with Gasteiger partial charge in [-0.05, 0) is 18.2 Å². The highest BCUT2D eigenvalue weighted by Gasteiger charge is 2.15. The van der Waals surface area contributed by atoms with E-state index in [9.17, 15) is 4.79 Å². The zero-order valence-electron chi connectivity index (χ0n) is 14.1. The van der Waals surface area contributed by atoms with Gasteiger partial charge in [-0.3, -0.25) is 9.06 Å². The SMILES string of the molecule is O=c1oc2nc(N3CCNCC3)ccc2cc1-c1cn2ccsc2n1.OCl. The summed E-state index contributed by atoms with van der Waals surface area (Å²) in [6.07, 6.45) is 3.76. The van der Waals surface area contributed by atoms with E-state index in [1.165, 1.54) is 11.3 Å². The number of anilines is 1. The summed E-state index contributed by atoms with van der Waals surface area (Å²) in [6.45, 7) is 3.65. The van der Waals surface area contributed by atoms with E-state index < -0.39 is 5.63 Å². The van der Waals surface area contributed by atoms with Gasteiger partial charge in [0.05, 0.1) is 23.1 Å². The lowest BCUT2D eigenvalue weighted by Crippen LogP contribution is -2.43. The van der Waals surface area contributed by atoms with Crippen molar-refractivity contribution in [2.24, 2.45) is 0 Å². The number of pyridine rings is 1. The number of nitrogens with one attached hydrogen (secondary N) is 1. The minimum atomic E-state index is -0.414. The summed E-state index contributed by atoms with van der Waals surface area (Å²) in [6, 6.07) is 5.73. The highest BCUT2D eigenvalue weighted by molar-refractivity contribution is 7.15. The summed E-state index contributed by atoms with van der Waals surface area (Å²) in [5, 5.41) is 6.07. The van der Waals surface area contributed by atoms with Gasteiger partial charge in [-0.1, -0.05) is 0 Å². The Labute approximate surface area is 162 Å². The number of piperazine rings is 1. The van der Waals surface area contributed by atoms with Crippen LogP contribution in [0.3, 0.4) is 0 Å². The average molecular weight is 406 g/mol. The summed E-state index contributed by atoms with van der Waals surface area (Å²) >= 11 is 5.17. The van der Waals surface area contributed by atoms with Gasteiger partial charge in [0, 0.05) is 49.3 Å². The molecule has 5 heterocycles. The maximum absolute atomic E-state index is 12.4. The van der Waals surface area contributed by atoms with E-state index in [-0.39, 0.29) is 0 Å². The van der Waals surface area contributed by atoms with Crippen LogP contribution in [-0.4, -0.2) is 45.2 Å². The molecule has 0 unspecified atom stereocenters. The second kappa shape index (κ2) is 7.65. The number of thiazole rings is 1. The molecular weight excluding hydrogens is 390 g/mol. The molecule has 1 saturated heterocycles. The van der Waals surface area contributed by atoms with Gasteiger partial charge in [-0.2, -0.15) is 4.98 Å². The minimum absolute atomic E-state index is 0.366. The van der Waals surface area contributed by atoms with Crippen LogP contribution in [-0.2, 0) is 0 Å². The van der Waals surface area contributed by atoms with Gasteiger partial charge >= 0.3 is 5.63 Å². The van der Waals surface area contributed by atoms with Crippen LogP contribution in [0.5, 0.6) is 0 Å². The summed E-state index contributed by atoms with van der Waals surface area (Å²) in [5.41, 5.74) is 1.03. The Kier molecular flexibility index (Phi) is 5.08. The van der Waals surface area contributed by atoms with Crippen molar-refractivity contribution in [1.82, 2.24) is 19.7 Å². The van der Waals surface area contributed by atoms with Gasteiger partial charge in [0.15, 0.2) is 4.96 Å². The van der Waals surface area contributed by atoms with Crippen LogP contribution in [0.2, 0.25) is 0 Å². The number of rotatable bonds is 2. The maximum atomic E-state index is 12.4. The topological polar surface area (TPSA) is 95.9 Å². The number of hydrogen-bond acceptors (Lipinski definition) is 8. The van der Waals surface area contributed by atoms with Crippen LogP contribution in [0.4, 0.5) is 5.82 Å². The van der Waals surface area contributed by atoms with Crippen molar-refractivity contribution < 1.29 is 9.08 Å². The first-order chi connectivity index (χ1) is 13.3. The van der Waals surface area contributed by atoms with Crippen LogP contribution in [0, 0.1) is 0 Å². The van der Waals surface area contributed by atoms with Crippen LogP contribution < -0.4 is 15.8 Å². The Balaban J connectivity index is 0.000000872. The zero-order chi connectivity index (χ0) is 18.8. The first-order valence-electron chi connectivity index (χ1n) is 8.28. The molecule has 1 aliphatic rings. The fourth-order valence-corrected chi connectivity index (χ4v) is 3.80. The Morgan fingerprint density at radius 2 is 2.04 bits per heavy atom. The van der Waals surface area contributed by atoms with E-state index in [1.54, 1.807) is 0 Å². The van der Waals surface area contributed by atoms with Crippen molar-refractivity contribution in [1.29, 1.82) is 0 Å². The third-order valence-electron chi connectivity index (χ3n) is 4.39. The average Bonchev–Trinajstić information content (AvgIpc) is 3.31. The fourth-order valence-electron chi connectivity index (χ4n) is 3.10. The van der Waals surface area contributed by atoms with Gasteiger partial charge in [0.2, 0.25) is 5.71 Å². The molecule has 0 aromatic carbocycles. The van der Waals surface area contributed by atoms with Gasteiger partial charge in [-0.25, -0.2) is 9.78 Å². The molecule has 4 aromatic rings. The molecule has 1 aliphatic heterocycles. The third-order valence-corrected chi connectivity index (χ3v) is 5.17. The first-order valence-corrected chi connectivity index (χ1v) is 9.50. The van der Waals surface area contributed by atoms with E-state index in [0.29, 0.717) is 17.0 Å². The van der Waals surface area contributed by atoms with Crippen molar-refractivity contribution >= 4 is 45.1 Å². The van der Waals surface area contributed by atoms with E-state index in [1.807, 2.05) is 40.4 Å². The third kappa shape index (κ3) is 3.42. The summed E-state index contributed by atoms with van der Waals surface area (Å²) in [4.78, 5) is 24.5. The quantitative estimate of drug-likeness (QED) is 0.527.